The number of primary amides is 1. The van der Waals surface area contributed by atoms with Crippen LogP contribution in [0.4, 0.5) is 5.69 Å². The van der Waals surface area contributed by atoms with Crippen molar-refractivity contribution in [2.45, 2.75) is 48.4 Å². The Morgan fingerprint density at radius 2 is 2.08 bits per heavy atom. The highest BCUT2D eigenvalue weighted by atomic mass is 127. The SMILES string of the molecule is CC(C)(C[C@H](I)[C@@H](Nc1ccc(C#N)c(Cl)c1I)C(N)=O)[Si](C)(C)O. The summed E-state index contributed by atoms with van der Waals surface area (Å²) < 4.78 is 0.554. The fourth-order valence-electron chi connectivity index (χ4n) is 2.11. The number of benzene rings is 1. The van der Waals surface area contributed by atoms with E-state index in [9.17, 15) is 9.59 Å². The third-order valence-electron chi connectivity index (χ3n) is 4.54. The zero-order chi connectivity index (χ0) is 19.6. The van der Waals surface area contributed by atoms with Crippen molar-refractivity contribution in [3.05, 3.63) is 26.3 Å². The molecule has 9 heteroatoms. The molecule has 0 spiro atoms. The molecule has 0 saturated carbocycles. The zero-order valence-corrected chi connectivity index (χ0v) is 20.6. The first-order valence-electron chi connectivity index (χ1n) is 7.62. The Labute approximate surface area is 182 Å². The highest BCUT2D eigenvalue weighted by molar-refractivity contribution is 14.1. The Balaban J connectivity index is 3.09. The second-order valence-electron chi connectivity index (χ2n) is 7.09. The van der Waals surface area contributed by atoms with Crippen molar-refractivity contribution in [1.82, 2.24) is 0 Å². The van der Waals surface area contributed by atoms with E-state index in [0.29, 0.717) is 26.3 Å². The number of hydrogen-bond acceptors (Lipinski definition) is 4. The molecule has 5 nitrogen and oxygen atoms in total. The fraction of sp³-hybridized carbons (Fsp3) is 0.500. The van der Waals surface area contributed by atoms with Crippen molar-refractivity contribution in [2.75, 3.05) is 5.32 Å². The minimum atomic E-state index is -2.40. The molecule has 0 aliphatic carbocycles. The first kappa shape index (κ1) is 22.9. The van der Waals surface area contributed by atoms with Crippen molar-refractivity contribution in [3.8, 4) is 6.07 Å². The van der Waals surface area contributed by atoms with Gasteiger partial charge in [-0.1, -0.05) is 48.0 Å². The van der Waals surface area contributed by atoms with Gasteiger partial charge in [0.25, 0.3) is 0 Å². The van der Waals surface area contributed by atoms with Gasteiger partial charge in [0.1, 0.15) is 12.1 Å². The van der Waals surface area contributed by atoms with E-state index in [4.69, 9.17) is 22.6 Å². The molecule has 0 heterocycles. The molecule has 0 saturated heterocycles. The molecule has 1 amide bonds. The molecule has 1 rings (SSSR count). The minimum absolute atomic E-state index is 0.116. The lowest BCUT2D eigenvalue weighted by molar-refractivity contribution is -0.118. The van der Waals surface area contributed by atoms with Crippen LogP contribution in [0.5, 0.6) is 0 Å². The summed E-state index contributed by atoms with van der Waals surface area (Å²) in [5, 5.41) is 12.3. The van der Waals surface area contributed by atoms with Gasteiger partial charge >= 0.3 is 0 Å². The van der Waals surface area contributed by atoms with Crippen LogP contribution in [-0.2, 0) is 4.79 Å². The van der Waals surface area contributed by atoms with Crippen LogP contribution >= 0.6 is 56.8 Å². The molecule has 0 unspecified atom stereocenters. The van der Waals surface area contributed by atoms with Gasteiger partial charge in [-0.25, -0.2) is 0 Å². The van der Waals surface area contributed by atoms with E-state index in [1.54, 1.807) is 12.1 Å². The molecule has 0 aliphatic heterocycles. The lowest BCUT2D eigenvalue weighted by Gasteiger charge is -2.38. The van der Waals surface area contributed by atoms with E-state index in [2.05, 4.69) is 27.9 Å². The molecule has 0 fully saturated rings. The maximum atomic E-state index is 12.0. The van der Waals surface area contributed by atoms with Crippen molar-refractivity contribution >= 4 is 76.7 Å². The molecule has 1 aromatic carbocycles. The highest BCUT2D eigenvalue weighted by Crippen LogP contribution is 2.42. The number of rotatable bonds is 7. The number of nitrogens with zero attached hydrogens (tertiary/aromatic N) is 1. The monoisotopic (exact) mass is 605 g/mol. The predicted octanol–water partition coefficient (Wildman–Crippen LogP) is 4.25. The van der Waals surface area contributed by atoms with Crippen LogP contribution in [0.2, 0.25) is 23.2 Å². The lowest BCUT2D eigenvalue weighted by atomic mass is 10.0. The number of carbonyl (C=O) groups excluding carboxylic acids is 1. The summed E-state index contributed by atoms with van der Waals surface area (Å²) in [5.74, 6) is -0.469. The number of carbonyl (C=O) groups is 1. The van der Waals surface area contributed by atoms with Gasteiger partial charge in [-0.3, -0.25) is 4.79 Å². The van der Waals surface area contributed by atoms with Crippen molar-refractivity contribution in [2.24, 2.45) is 5.73 Å². The summed E-state index contributed by atoms with van der Waals surface area (Å²) in [6.45, 7) is 7.83. The molecule has 1 aromatic rings. The van der Waals surface area contributed by atoms with Crippen molar-refractivity contribution < 1.29 is 9.59 Å². The second kappa shape index (κ2) is 8.73. The molecule has 4 N–H and O–H groups in total. The highest BCUT2D eigenvalue weighted by Gasteiger charge is 2.41. The molecule has 25 heavy (non-hydrogen) atoms. The first-order valence-corrected chi connectivity index (χ1v) is 13.3. The maximum Gasteiger partial charge on any atom is 0.241 e. The summed E-state index contributed by atoms with van der Waals surface area (Å²) in [6.07, 6.45) is 0.643. The minimum Gasteiger partial charge on any atom is -0.432 e. The fourth-order valence-corrected chi connectivity index (χ4v) is 5.71. The van der Waals surface area contributed by atoms with Gasteiger partial charge in [-0.05, 0) is 59.3 Å². The Hall–Kier alpha value is -0.0931. The van der Waals surface area contributed by atoms with E-state index < -0.39 is 20.3 Å². The van der Waals surface area contributed by atoms with Crippen LogP contribution < -0.4 is 11.1 Å². The largest absolute Gasteiger partial charge is 0.432 e. The molecule has 0 aromatic heterocycles. The Kier molecular flexibility index (Phi) is 8.01. The summed E-state index contributed by atoms with van der Waals surface area (Å²) >= 11 is 10.4. The molecule has 0 radical (unpaired) electrons. The number of hydrogen-bond donors (Lipinski definition) is 3. The third-order valence-corrected chi connectivity index (χ3v) is 11.1. The number of nitrogens with one attached hydrogen (secondary N) is 1. The number of anilines is 1. The van der Waals surface area contributed by atoms with Crippen molar-refractivity contribution in [3.63, 3.8) is 0 Å². The Morgan fingerprint density at radius 1 is 1.52 bits per heavy atom. The maximum absolute atomic E-state index is 12.0. The number of alkyl halides is 1. The van der Waals surface area contributed by atoms with Gasteiger partial charge in [0.15, 0.2) is 8.32 Å². The average molecular weight is 606 g/mol. The smallest absolute Gasteiger partial charge is 0.241 e. The van der Waals surface area contributed by atoms with Gasteiger partial charge in [0, 0.05) is 9.61 Å². The zero-order valence-electron chi connectivity index (χ0n) is 14.5. The van der Waals surface area contributed by atoms with Gasteiger partial charge in [-0.2, -0.15) is 5.26 Å². The van der Waals surface area contributed by atoms with Gasteiger partial charge in [0.05, 0.1) is 14.2 Å². The molecule has 0 bridgehead atoms. The van der Waals surface area contributed by atoms with Gasteiger partial charge < -0.3 is 15.8 Å². The summed E-state index contributed by atoms with van der Waals surface area (Å²) in [5.41, 5.74) is 6.65. The van der Waals surface area contributed by atoms with Crippen LogP contribution in [0.25, 0.3) is 0 Å². The number of nitriles is 1. The van der Waals surface area contributed by atoms with E-state index in [1.165, 1.54) is 0 Å². The van der Waals surface area contributed by atoms with Crippen LogP contribution in [-0.4, -0.2) is 29.0 Å². The quantitative estimate of drug-likeness (QED) is 0.246. The molecule has 2 atom stereocenters. The normalized spacial score (nSPS) is 14.5. The second-order valence-corrected chi connectivity index (χ2v) is 14.6. The van der Waals surface area contributed by atoms with E-state index in [-0.39, 0.29) is 8.96 Å². The Morgan fingerprint density at radius 3 is 2.52 bits per heavy atom. The van der Waals surface area contributed by atoms with E-state index >= 15 is 0 Å². The van der Waals surface area contributed by atoms with Gasteiger partial charge in [0.2, 0.25) is 5.91 Å². The molecule has 138 valence electrons. The van der Waals surface area contributed by atoms with Crippen LogP contribution in [0.1, 0.15) is 25.8 Å². The number of nitrogens with two attached hydrogens (primary N) is 1. The van der Waals surface area contributed by atoms with Crippen LogP contribution in [0, 0.1) is 14.9 Å². The molecular weight excluding hydrogens is 584 g/mol. The van der Waals surface area contributed by atoms with Crippen molar-refractivity contribution in [1.29, 1.82) is 5.26 Å². The summed E-state index contributed by atoms with van der Waals surface area (Å²) in [6, 6.07) is 4.75. The molecular formula is C16H22ClI2N3O2Si. The van der Waals surface area contributed by atoms with E-state index in [0.717, 1.165) is 0 Å². The Bertz CT molecular complexity index is 702. The lowest BCUT2D eigenvalue weighted by Crippen LogP contribution is -2.47. The average Bonchev–Trinajstić information content (AvgIpc) is 2.46. The van der Waals surface area contributed by atoms with Gasteiger partial charge in [-0.15, -0.1) is 0 Å². The van der Waals surface area contributed by atoms with Crippen LogP contribution in [0.3, 0.4) is 0 Å². The molecule has 0 aliphatic rings. The van der Waals surface area contributed by atoms with E-state index in [1.807, 2.05) is 55.6 Å². The standard InChI is InChI=1S/C16H22ClI2N3O2Si/c1-16(2,25(3,4)24)7-10(18)14(15(21)23)22-11-6-5-9(8-20)12(17)13(11)19/h5-6,10,14,22,24H,7H2,1-4H3,(H2,21,23)/t10-,14+/m0/s1. The number of halogens is 3. The first-order chi connectivity index (χ1) is 11.3. The topological polar surface area (TPSA) is 99.1 Å². The third kappa shape index (κ3) is 5.69. The van der Waals surface area contributed by atoms with Crippen LogP contribution in [0.15, 0.2) is 12.1 Å². The predicted molar refractivity (Wildman–Crippen MR) is 122 cm³/mol. The summed E-state index contributed by atoms with van der Waals surface area (Å²) in [4.78, 5) is 22.5. The number of amides is 1. The summed E-state index contributed by atoms with van der Waals surface area (Å²) in [7, 11) is -2.40.